The lowest BCUT2D eigenvalue weighted by atomic mass is 10.0. The van der Waals surface area contributed by atoms with E-state index in [4.69, 9.17) is 5.73 Å². The molecule has 17 heavy (non-hydrogen) atoms. The Bertz CT molecular complexity index is 416. The zero-order chi connectivity index (χ0) is 12.4. The van der Waals surface area contributed by atoms with E-state index in [-0.39, 0.29) is 11.9 Å². The van der Waals surface area contributed by atoms with E-state index in [0.717, 1.165) is 34.8 Å². The number of nitrogens with zero attached hydrogens (tertiary/aromatic N) is 1. The van der Waals surface area contributed by atoms with Crippen molar-refractivity contribution in [2.24, 2.45) is 11.7 Å². The molecule has 0 radical (unpaired) electrons. The Morgan fingerprint density at radius 3 is 2.88 bits per heavy atom. The molecule has 2 rings (SSSR count). The summed E-state index contributed by atoms with van der Waals surface area (Å²) in [7, 11) is 0. The van der Waals surface area contributed by atoms with E-state index >= 15 is 0 Å². The van der Waals surface area contributed by atoms with Gasteiger partial charge in [0.05, 0.1) is 10.7 Å². The average molecular weight is 253 g/mol. The Balaban J connectivity index is 2.04. The van der Waals surface area contributed by atoms with E-state index in [9.17, 15) is 4.79 Å². The predicted molar refractivity (Wildman–Crippen MR) is 69.2 cm³/mol. The first-order valence-electron chi connectivity index (χ1n) is 6.06. The molecular formula is C12H19N3OS. The molecule has 0 spiro atoms. The highest BCUT2D eigenvalue weighted by Gasteiger charge is 2.28. The molecule has 1 heterocycles. The molecule has 94 valence electrons. The first-order chi connectivity index (χ1) is 8.11. The van der Waals surface area contributed by atoms with E-state index in [1.54, 1.807) is 0 Å². The smallest absolute Gasteiger partial charge is 0.263 e. The van der Waals surface area contributed by atoms with Crippen molar-refractivity contribution in [2.75, 3.05) is 6.54 Å². The van der Waals surface area contributed by atoms with Gasteiger partial charge in [-0.15, -0.1) is 11.3 Å². The number of amides is 1. The summed E-state index contributed by atoms with van der Waals surface area (Å²) in [4.78, 5) is 17.1. The van der Waals surface area contributed by atoms with Crippen LogP contribution in [0.15, 0.2) is 0 Å². The zero-order valence-electron chi connectivity index (χ0n) is 10.3. The number of rotatable bonds is 3. The van der Waals surface area contributed by atoms with E-state index in [1.165, 1.54) is 11.3 Å². The number of hydrogen-bond acceptors (Lipinski definition) is 4. The average Bonchev–Trinajstić information content (AvgIpc) is 2.84. The lowest BCUT2D eigenvalue weighted by molar-refractivity contribution is 0.0932. The minimum atomic E-state index is 0.0125. The second-order valence-electron chi connectivity index (χ2n) is 4.65. The number of nitrogens with one attached hydrogen (secondary N) is 1. The maximum atomic E-state index is 12.1. The summed E-state index contributed by atoms with van der Waals surface area (Å²) in [5.41, 5.74) is 6.54. The van der Waals surface area contributed by atoms with Crippen LogP contribution in [0.4, 0.5) is 0 Å². The number of carbonyl (C=O) groups excluding carboxylic acids is 1. The summed E-state index contributed by atoms with van der Waals surface area (Å²) >= 11 is 1.46. The van der Waals surface area contributed by atoms with E-state index in [1.807, 2.05) is 13.8 Å². The molecule has 1 saturated carbocycles. The van der Waals surface area contributed by atoms with Crippen molar-refractivity contribution in [1.82, 2.24) is 10.3 Å². The van der Waals surface area contributed by atoms with Crippen molar-refractivity contribution in [1.29, 1.82) is 0 Å². The van der Waals surface area contributed by atoms with Gasteiger partial charge in [0.15, 0.2) is 0 Å². The Labute approximate surface area is 106 Å². The van der Waals surface area contributed by atoms with Crippen LogP contribution in [0.5, 0.6) is 0 Å². The normalized spacial score (nSPS) is 23.9. The van der Waals surface area contributed by atoms with Crippen molar-refractivity contribution < 1.29 is 4.79 Å². The van der Waals surface area contributed by atoms with E-state index < -0.39 is 0 Å². The third-order valence-corrected chi connectivity index (χ3v) is 4.46. The van der Waals surface area contributed by atoms with Crippen LogP contribution < -0.4 is 11.1 Å². The van der Waals surface area contributed by atoms with Crippen LogP contribution in [-0.2, 0) is 0 Å². The zero-order valence-corrected chi connectivity index (χ0v) is 11.1. The van der Waals surface area contributed by atoms with Crippen LogP contribution in [0.3, 0.4) is 0 Å². The maximum Gasteiger partial charge on any atom is 0.263 e. The molecular weight excluding hydrogens is 234 g/mol. The van der Waals surface area contributed by atoms with Crippen molar-refractivity contribution in [3.63, 3.8) is 0 Å². The maximum absolute atomic E-state index is 12.1. The minimum absolute atomic E-state index is 0.0125. The van der Waals surface area contributed by atoms with Crippen molar-refractivity contribution in [3.8, 4) is 0 Å². The highest BCUT2D eigenvalue weighted by Crippen LogP contribution is 2.25. The van der Waals surface area contributed by atoms with Gasteiger partial charge in [-0.05, 0) is 39.2 Å². The van der Waals surface area contributed by atoms with Gasteiger partial charge in [0.1, 0.15) is 4.88 Å². The summed E-state index contributed by atoms with van der Waals surface area (Å²) in [5, 5.41) is 4.04. The topological polar surface area (TPSA) is 68.0 Å². The molecule has 1 aliphatic rings. The quantitative estimate of drug-likeness (QED) is 0.860. The lowest BCUT2D eigenvalue weighted by Crippen LogP contribution is -2.39. The predicted octanol–water partition coefficient (Wildman–Crippen LogP) is 1.62. The third-order valence-electron chi connectivity index (χ3n) is 3.39. The monoisotopic (exact) mass is 253 g/mol. The summed E-state index contributed by atoms with van der Waals surface area (Å²) in [6.07, 6.45) is 3.33. The fourth-order valence-corrected chi connectivity index (χ4v) is 3.31. The molecule has 1 aliphatic carbocycles. The molecule has 5 heteroatoms. The number of carbonyl (C=O) groups is 1. The number of hydrogen-bond donors (Lipinski definition) is 2. The molecule has 0 aromatic carbocycles. The van der Waals surface area contributed by atoms with Crippen LogP contribution in [0.1, 0.15) is 39.6 Å². The first-order valence-corrected chi connectivity index (χ1v) is 6.88. The molecule has 1 fully saturated rings. The fourth-order valence-electron chi connectivity index (χ4n) is 2.48. The summed E-state index contributed by atoms with van der Waals surface area (Å²) < 4.78 is 0. The van der Waals surface area contributed by atoms with Gasteiger partial charge >= 0.3 is 0 Å². The Hall–Kier alpha value is -0.940. The van der Waals surface area contributed by atoms with Gasteiger partial charge in [-0.3, -0.25) is 4.79 Å². The van der Waals surface area contributed by atoms with Gasteiger partial charge in [0.2, 0.25) is 0 Å². The molecule has 0 bridgehead atoms. The summed E-state index contributed by atoms with van der Waals surface area (Å²) in [6, 6.07) is 0.245. The standard InChI is InChI=1S/C12H19N3OS/c1-7-11(17-8(2)14-7)12(16)15-10-5-3-4-9(10)6-13/h9-10H,3-6,13H2,1-2H3,(H,15,16). The third kappa shape index (κ3) is 2.66. The second-order valence-corrected chi connectivity index (χ2v) is 5.86. The molecule has 1 aromatic heterocycles. The van der Waals surface area contributed by atoms with Gasteiger partial charge in [0, 0.05) is 6.04 Å². The minimum Gasteiger partial charge on any atom is -0.348 e. The van der Waals surface area contributed by atoms with Crippen LogP contribution in [-0.4, -0.2) is 23.5 Å². The molecule has 0 saturated heterocycles. The largest absolute Gasteiger partial charge is 0.348 e. The van der Waals surface area contributed by atoms with Crippen molar-refractivity contribution >= 4 is 17.2 Å². The Morgan fingerprint density at radius 2 is 2.29 bits per heavy atom. The van der Waals surface area contributed by atoms with E-state index in [0.29, 0.717) is 12.5 Å². The van der Waals surface area contributed by atoms with Crippen LogP contribution in [0.2, 0.25) is 0 Å². The highest BCUT2D eigenvalue weighted by molar-refractivity contribution is 7.13. The van der Waals surface area contributed by atoms with Crippen LogP contribution in [0, 0.1) is 19.8 Å². The number of aromatic nitrogens is 1. The van der Waals surface area contributed by atoms with Gasteiger partial charge in [-0.25, -0.2) is 4.98 Å². The highest BCUT2D eigenvalue weighted by atomic mass is 32.1. The van der Waals surface area contributed by atoms with E-state index in [2.05, 4.69) is 10.3 Å². The molecule has 0 aliphatic heterocycles. The first kappa shape index (κ1) is 12.5. The van der Waals surface area contributed by atoms with Crippen molar-refractivity contribution in [3.05, 3.63) is 15.6 Å². The van der Waals surface area contributed by atoms with Crippen LogP contribution >= 0.6 is 11.3 Å². The second kappa shape index (κ2) is 5.14. The summed E-state index contributed by atoms with van der Waals surface area (Å²) in [6.45, 7) is 4.46. The lowest BCUT2D eigenvalue weighted by Gasteiger charge is -2.19. The number of aryl methyl sites for hydroxylation is 2. The van der Waals surface area contributed by atoms with Crippen molar-refractivity contribution in [2.45, 2.75) is 39.2 Å². The Kier molecular flexibility index (Phi) is 3.79. The molecule has 1 amide bonds. The van der Waals surface area contributed by atoms with Gasteiger partial charge in [-0.1, -0.05) is 6.42 Å². The Morgan fingerprint density at radius 1 is 1.53 bits per heavy atom. The fraction of sp³-hybridized carbons (Fsp3) is 0.667. The van der Waals surface area contributed by atoms with Gasteiger partial charge in [0.25, 0.3) is 5.91 Å². The number of nitrogens with two attached hydrogens (primary N) is 1. The molecule has 4 nitrogen and oxygen atoms in total. The van der Waals surface area contributed by atoms with Gasteiger partial charge < -0.3 is 11.1 Å². The number of thiazole rings is 1. The SMILES string of the molecule is Cc1nc(C)c(C(=O)NC2CCCC2CN)s1. The van der Waals surface area contributed by atoms with Crippen LogP contribution in [0.25, 0.3) is 0 Å². The molecule has 3 N–H and O–H groups in total. The summed E-state index contributed by atoms with van der Waals surface area (Å²) in [5.74, 6) is 0.451. The van der Waals surface area contributed by atoms with Gasteiger partial charge in [-0.2, -0.15) is 0 Å². The molecule has 2 atom stereocenters. The molecule has 2 unspecified atom stereocenters. The molecule has 1 aromatic rings.